The van der Waals surface area contributed by atoms with Gasteiger partial charge in [0.05, 0.1) is 0 Å². The van der Waals surface area contributed by atoms with Gasteiger partial charge in [0.1, 0.15) is 0 Å². The third-order valence-electron chi connectivity index (χ3n) is 10.7. The zero-order valence-corrected chi connectivity index (χ0v) is 34.9. The van der Waals surface area contributed by atoms with Crippen molar-refractivity contribution in [2.45, 2.75) is 26.2 Å². The van der Waals surface area contributed by atoms with Gasteiger partial charge in [0.15, 0.2) is 0 Å². The molecule has 0 unspecified atom stereocenters. The van der Waals surface area contributed by atoms with Crippen LogP contribution in [-0.2, 0) is 5.41 Å². The summed E-state index contributed by atoms with van der Waals surface area (Å²) in [6, 6.07) is 60.2. The zero-order valence-electron chi connectivity index (χ0n) is 32.6. The summed E-state index contributed by atoms with van der Waals surface area (Å²) in [6.07, 6.45) is 3.81. The molecular weight excluding hydrogens is 826 g/mol. The van der Waals surface area contributed by atoms with Gasteiger partial charge in [0, 0.05) is 6.20 Å². The Morgan fingerprint density at radius 2 is 1.19 bits per heavy atom. The van der Waals surface area contributed by atoms with Crippen LogP contribution in [0.1, 0.15) is 26.3 Å². The average molecular weight is 868 g/mol. The molecule has 10 rings (SSSR count). The molecule has 2 aromatic heterocycles. The Hall–Kier alpha value is -6.39. The molecule has 0 saturated heterocycles. The van der Waals surface area contributed by atoms with Crippen LogP contribution in [0.5, 0.6) is 11.5 Å². The predicted octanol–water partition coefficient (Wildman–Crippen LogP) is 11.6. The summed E-state index contributed by atoms with van der Waals surface area (Å²) in [6.45, 7) is 7.34. The molecule has 0 fully saturated rings. The van der Waals surface area contributed by atoms with Crippen molar-refractivity contribution in [2.75, 3.05) is 21.4 Å². The summed E-state index contributed by atoms with van der Waals surface area (Å²) in [5.41, 5.74) is 11.4. The molecule has 2 aliphatic rings. The first kappa shape index (κ1) is 36.0. The minimum atomic E-state index is -0.606. The molecule has 58 heavy (non-hydrogen) atoms. The van der Waals surface area contributed by atoms with Crippen LogP contribution in [0, 0.1) is 0 Å². The Bertz CT molecular complexity index is 2730. The van der Waals surface area contributed by atoms with E-state index in [1.54, 1.807) is 0 Å². The van der Waals surface area contributed by atoms with Crippen molar-refractivity contribution in [3.8, 4) is 33.8 Å². The first-order valence-electron chi connectivity index (χ1n) is 19.6. The quantitative estimate of drug-likeness (QED) is 0.149. The Balaban J connectivity index is 0.983. The van der Waals surface area contributed by atoms with E-state index in [4.69, 9.17) is 14.7 Å². The molecule has 0 radical (unpaired) electrons. The van der Waals surface area contributed by atoms with E-state index in [0.717, 1.165) is 57.0 Å². The number of ether oxygens (including phenoxy) is 1. The Morgan fingerprint density at radius 1 is 0.500 bits per heavy atom. The van der Waals surface area contributed by atoms with Gasteiger partial charge in [-0.3, -0.25) is 0 Å². The van der Waals surface area contributed by atoms with Crippen LogP contribution >= 0.6 is 0 Å². The standard InChI is InChI=1S/C51H41N5OTe/c1-51(2,3)39-25-27-52-49(31-39)56-44-20-10-11-22-47(44)58-48-24-23-43(33-46(48)56)57-42-19-12-18-40(32-42)54-34-55(50-45(54)21-13-26-53-50)41-29-37(35-14-6-4-7-15-35)28-38(30-41)36-16-8-5-9-17-36/h4-33H,34H2,1-3H3. The number of aromatic nitrogens is 2. The maximum absolute atomic E-state index is 6.74. The van der Waals surface area contributed by atoms with Gasteiger partial charge in [0.25, 0.3) is 0 Å². The molecule has 6 nitrogen and oxygen atoms in total. The van der Waals surface area contributed by atoms with Crippen molar-refractivity contribution in [1.29, 1.82) is 0 Å². The van der Waals surface area contributed by atoms with E-state index in [2.05, 4.69) is 193 Å². The van der Waals surface area contributed by atoms with Crippen LogP contribution in [0.4, 0.5) is 40.1 Å². The Kier molecular flexibility index (Phi) is 9.21. The summed E-state index contributed by atoms with van der Waals surface area (Å²) >= 11 is -0.606. The number of hydrogen-bond donors (Lipinski definition) is 0. The number of fused-ring (bicyclic) bond motifs is 3. The molecule has 0 aliphatic carbocycles. The van der Waals surface area contributed by atoms with Crippen LogP contribution in [0.2, 0.25) is 0 Å². The van der Waals surface area contributed by atoms with Crippen molar-refractivity contribution in [1.82, 2.24) is 9.97 Å². The molecule has 0 amide bonds. The number of para-hydroxylation sites is 1. The third kappa shape index (κ3) is 6.87. The van der Waals surface area contributed by atoms with Gasteiger partial charge in [-0.2, -0.15) is 0 Å². The normalized spacial score (nSPS) is 13.2. The molecular formula is C51H41N5OTe. The molecule has 6 aromatic carbocycles. The third-order valence-corrected chi connectivity index (χ3v) is 14.0. The van der Waals surface area contributed by atoms with Crippen molar-refractivity contribution in [2.24, 2.45) is 0 Å². The number of rotatable bonds is 7. The summed E-state index contributed by atoms with van der Waals surface area (Å²) < 4.78 is 9.50. The predicted molar refractivity (Wildman–Crippen MR) is 240 cm³/mol. The average Bonchev–Trinajstić information content (AvgIpc) is 3.66. The summed E-state index contributed by atoms with van der Waals surface area (Å²) in [5.74, 6) is 3.39. The van der Waals surface area contributed by atoms with Crippen LogP contribution in [-0.4, -0.2) is 37.6 Å². The van der Waals surface area contributed by atoms with Gasteiger partial charge in [-0.15, -0.1) is 0 Å². The molecule has 2 aliphatic heterocycles. The van der Waals surface area contributed by atoms with E-state index in [1.807, 2.05) is 24.5 Å². The Labute approximate surface area is 350 Å². The molecule has 282 valence electrons. The summed E-state index contributed by atoms with van der Waals surface area (Å²) in [7, 11) is 0. The molecule has 0 N–H and O–H groups in total. The summed E-state index contributed by atoms with van der Waals surface area (Å²) in [5, 5.41) is 0. The van der Waals surface area contributed by atoms with Gasteiger partial charge in [-0.25, -0.2) is 0 Å². The van der Waals surface area contributed by atoms with Crippen molar-refractivity contribution < 1.29 is 4.74 Å². The van der Waals surface area contributed by atoms with Crippen molar-refractivity contribution in [3.63, 3.8) is 0 Å². The number of hydrogen-bond acceptors (Lipinski definition) is 6. The van der Waals surface area contributed by atoms with E-state index in [9.17, 15) is 0 Å². The van der Waals surface area contributed by atoms with Crippen LogP contribution in [0.3, 0.4) is 0 Å². The second-order valence-electron chi connectivity index (χ2n) is 15.6. The fraction of sp³-hybridized carbons (Fsp3) is 0.0980. The molecule has 0 bridgehead atoms. The van der Waals surface area contributed by atoms with E-state index in [0.29, 0.717) is 6.67 Å². The molecule has 7 heteroatoms. The monoisotopic (exact) mass is 869 g/mol. The molecule has 4 heterocycles. The van der Waals surface area contributed by atoms with Crippen LogP contribution < -0.4 is 26.7 Å². The van der Waals surface area contributed by atoms with E-state index in [-0.39, 0.29) is 5.41 Å². The molecule has 0 saturated carbocycles. The second-order valence-corrected chi connectivity index (χ2v) is 18.7. The van der Waals surface area contributed by atoms with Gasteiger partial charge >= 0.3 is 245 Å². The van der Waals surface area contributed by atoms with Gasteiger partial charge < -0.3 is 0 Å². The SMILES string of the molecule is CC(C)(C)c1ccnc(N2c3ccccc3[Te]c3ccc(Oc4cccc(N5CN(c6cc(-c7ccccc7)cc(-c7ccccc7)c6)c6ncccc65)c4)cc32)c1. The van der Waals surface area contributed by atoms with Crippen LogP contribution in [0.25, 0.3) is 22.3 Å². The van der Waals surface area contributed by atoms with Crippen LogP contribution in [0.15, 0.2) is 182 Å². The van der Waals surface area contributed by atoms with Gasteiger partial charge in [-0.05, 0) is 40.5 Å². The Morgan fingerprint density at radius 3 is 1.95 bits per heavy atom. The molecule has 0 spiro atoms. The van der Waals surface area contributed by atoms with Crippen molar-refractivity contribution >= 4 is 68.2 Å². The van der Waals surface area contributed by atoms with E-state index in [1.165, 1.54) is 29.6 Å². The fourth-order valence-corrected chi connectivity index (χ4v) is 10.7. The first-order valence-corrected chi connectivity index (χ1v) is 21.9. The van der Waals surface area contributed by atoms with Gasteiger partial charge in [0.2, 0.25) is 0 Å². The zero-order chi connectivity index (χ0) is 39.2. The fourth-order valence-electron chi connectivity index (χ4n) is 7.78. The number of pyridine rings is 2. The van der Waals surface area contributed by atoms with E-state index < -0.39 is 20.9 Å². The molecule has 8 aromatic rings. The van der Waals surface area contributed by atoms with E-state index >= 15 is 0 Å². The maximum atomic E-state index is 6.74. The molecule has 0 atom stereocenters. The topological polar surface area (TPSA) is 44.7 Å². The van der Waals surface area contributed by atoms with Crippen molar-refractivity contribution in [3.05, 3.63) is 188 Å². The second kappa shape index (κ2) is 14.8. The number of nitrogens with zero attached hydrogens (tertiary/aromatic N) is 5. The van der Waals surface area contributed by atoms with Gasteiger partial charge in [-0.1, -0.05) is 60.7 Å². The minimum absolute atomic E-state index is 0.000239. The number of benzene rings is 6. The number of anilines is 7. The summed E-state index contributed by atoms with van der Waals surface area (Å²) in [4.78, 5) is 16.8. The first-order chi connectivity index (χ1) is 28.4.